The molecule has 0 atom stereocenters. The van der Waals surface area contributed by atoms with Crippen molar-refractivity contribution in [1.29, 1.82) is 5.26 Å². The highest BCUT2D eigenvalue weighted by Gasteiger charge is 2.35. The zero-order chi connectivity index (χ0) is 57.9. The second-order valence-electron chi connectivity index (χ2n) is 22.9. The van der Waals surface area contributed by atoms with Crippen molar-refractivity contribution in [2.75, 3.05) is 0 Å². The molecule has 0 N–H and O–H groups in total. The Bertz CT molecular complexity index is 6130. The van der Waals surface area contributed by atoms with Crippen LogP contribution in [0.3, 0.4) is 0 Å². The summed E-state index contributed by atoms with van der Waals surface area (Å²) in [7, 11) is 0. The minimum Gasteiger partial charge on any atom is -0.456 e. The third-order valence-corrected chi connectivity index (χ3v) is 18.4. The third-order valence-electron chi connectivity index (χ3n) is 18.4. The predicted octanol–water partition coefficient (Wildman–Crippen LogP) is 21.6. The van der Waals surface area contributed by atoms with Crippen LogP contribution in [0.1, 0.15) is 5.56 Å². The Labute approximate surface area is 501 Å². The summed E-state index contributed by atoms with van der Waals surface area (Å²) in [6.07, 6.45) is 0. The van der Waals surface area contributed by atoms with Crippen LogP contribution in [0.2, 0.25) is 0 Å². The molecule has 19 aromatic rings. The van der Waals surface area contributed by atoms with E-state index in [2.05, 4.69) is 243 Å². The standard InChI is InChI=1S/C80H44N6O2/c1-82-76-77(85-66-32-16-10-26-53(66)59-44-74-61(42-70(59)85)55-28-12-18-34-72(55)87-74)63(46-81)78(83-64-30-14-8-24-51(64)57-40-49(36-38-68(57)83)47-20-4-2-5-21-47)80(79(76)84-65-31-15-9-25-52(65)58-41-50(37-39-69(58)84)48-22-6-3-7-23-48)86-67-33-17-11-27-54(67)60-45-75-62(43-71(60)86)56-29-13-19-35-73(56)88-75/h2-45H. The summed E-state index contributed by atoms with van der Waals surface area (Å²) in [5, 5.41) is 24.7. The molecule has 0 radical (unpaired) electrons. The molecular formula is C80H44N6O2. The van der Waals surface area contributed by atoms with Gasteiger partial charge in [0.25, 0.3) is 0 Å². The molecule has 88 heavy (non-hydrogen) atoms. The molecule has 406 valence electrons. The van der Waals surface area contributed by atoms with Gasteiger partial charge in [0.15, 0.2) is 0 Å². The Morgan fingerprint density at radius 3 is 1.06 bits per heavy atom. The molecule has 0 saturated heterocycles. The monoisotopic (exact) mass is 1120 g/mol. The number of nitrogens with zero attached hydrogens (tertiary/aromatic N) is 6. The lowest BCUT2D eigenvalue weighted by Gasteiger charge is -2.27. The number of aromatic nitrogens is 4. The lowest BCUT2D eigenvalue weighted by molar-refractivity contribution is 0.669. The second-order valence-corrected chi connectivity index (χ2v) is 22.9. The van der Waals surface area contributed by atoms with Gasteiger partial charge in [0.05, 0.1) is 79.0 Å². The Hall–Kier alpha value is -12.4. The minimum atomic E-state index is 0.304. The maximum absolute atomic E-state index is 12.9. The van der Waals surface area contributed by atoms with E-state index in [-0.39, 0.29) is 0 Å². The van der Waals surface area contributed by atoms with E-state index in [0.29, 0.717) is 34.0 Å². The SMILES string of the molecule is [C-]#[N+]c1c(-n2c3ccccc3c3cc4oc5ccccc5c4cc32)c(C#N)c(-n2c3ccccc3c3cc(-c4ccccc4)ccc32)c(-n2c3ccccc3c3cc4oc5ccccc5c4cc32)c1-n1c2ccccc2c2cc(-c3ccccc3)ccc21. The van der Waals surface area contributed by atoms with Crippen LogP contribution in [0.25, 0.3) is 181 Å². The molecule has 0 unspecified atom stereocenters. The fourth-order valence-corrected chi connectivity index (χ4v) is 14.7. The molecule has 19 rings (SSSR count). The van der Waals surface area contributed by atoms with Crippen molar-refractivity contribution in [3.63, 3.8) is 0 Å². The van der Waals surface area contributed by atoms with Crippen molar-refractivity contribution in [2.24, 2.45) is 0 Å². The van der Waals surface area contributed by atoms with Gasteiger partial charge in [-0.3, -0.25) is 0 Å². The van der Waals surface area contributed by atoms with Gasteiger partial charge in [0, 0.05) is 64.6 Å². The summed E-state index contributed by atoms with van der Waals surface area (Å²) < 4.78 is 22.5. The number of furan rings is 2. The third kappa shape index (κ3) is 6.55. The van der Waals surface area contributed by atoms with E-state index >= 15 is 0 Å². The molecule has 8 nitrogen and oxygen atoms in total. The van der Waals surface area contributed by atoms with E-state index in [4.69, 9.17) is 13.7 Å². The van der Waals surface area contributed by atoms with Gasteiger partial charge in [-0.2, -0.15) is 5.26 Å². The molecule has 6 aromatic heterocycles. The van der Waals surface area contributed by atoms with Crippen molar-refractivity contribution in [3.8, 4) is 51.1 Å². The quantitative estimate of drug-likeness (QED) is 0.156. The first-order valence-corrected chi connectivity index (χ1v) is 29.5. The maximum atomic E-state index is 12.9. The van der Waals surface area contributed by atoms with Gasteiger partial charge in [-0.05, 0) is 107 Å². The Balaban J connectivity index is 1.09. The zero-order valence-corrected chi connectivity index (χ0v) is 46.9. The van der Waals surface area contributed by atoms with Crippen molar-refractivity contribution >= 4 is 137 Å². The molecule has 0 aliphatic carbocycles. The first kappa shape index (κ1) is 48.1. The number of nitriles is 1. The van der Waals surface area contributed by atoms with Gasteiger partial charge in [-0.1, -0.05) is 182 Å². The summed E-state index contributed by atoms with van der Waals surface area (Å²) in [5.74, 6) is 0. The zero-order valence-electron chi connectivity index (χ0n) is 46.9. The van der Waals surface area contributed by atoms with Crippen molar-refractivity contribution < 1.29 is 8.83 Å². The van der Waals surface area contributed by atoms with Gasteiger partial charge in [0.2, 0.25) is 5.69 Å². The molecular weight excluding hydrogens is 1080 g/mol. The normalized spacial score (nSPS) is 12.1. The van der Waals surface area contributed by atoms with Crippen LogP contribution in [0.5, 0.6) is 0 Å². The highest BCUT2D eigenvalue weighted by atomic mass is 16.3. The molecule has 8 heteroatoms. The lowest BCUT2D eigenvalue weighted by Crippen LogP contribution is -2.14. The van der Waals surface area contributed by atoms with Crippen LogP contribution in [0, 0.1) is 17.9 Å². The Kier molecular flexibility index (Phi) is 9.87. The topological polar surface area (TPSA) is 74.2 Å². The molecule has 0 fully saturated rings. The van der Waals surface area contributed by atoms with E-state index in [9.17, 15) is 11.8 Å². The molecule has 0 aliphatic rings. The average Bonchev–Trinajstić information content (AvgIpc) is 1.48. The fourth-order valence-electron chi connectivity index (χ4n) is 14.7. The minimum absolute atomic E-state index is 0.304. The number of para-hydroxylation sites is 6. The van der Waals surface area contributed by atoms with Crippen molar-refractivity contribution in [3.05, 3.63) is 284 Å². The van der Waals surface area contributed by atoms with E-state index in [1.54, 1.807) is 0 Å². The number of rotatable bonds is 6. The van der Waals surface area contributed by atoms with Crippen LogP contribution in [0.15, 0.2) is 276 Å². The first-order chi connectivity index (χ1) is 43.6. The summed E-state index contributed by atoms with van der Waals surface area (Å²) in [6.45, 7) is 10.1. The van der Waals surface area contributed by atoms with Gasteiger partial charge >= 0.3 is 0 Å². The molecule has 0 spiro atoms. The molecule has 0 saturated carbocycles. The van der Waals surface area contributed by atoms with Crippen LogP contribution >= 0.6 is 0 Å². The fraction of sp³-hybridized carbons (Fsp3) is 0. The van der Waals surface area contributed by atoms with Crippen LogP contribution < -0.4 is 0 Å². The average molecular weight is 1120 g/mol. The molecule has 0 aliphatic heterocycles. The van der Waals surface area contributed by atoms with Gasteiger partial charge in [-0.15, -0.1) is 0 Å². The summed E-state index contributed by atoms with van der Waals surface area (Å²) in [5.41, 5.74) is 17.5. The number of hydrogen-bond acceptors (Lipinski definition) is 3. The van der Waals surface area contributed by atoms with E-state index in [1.807, 2.05) is 48.5 Å². The van der Waals surface area contributed by atoms with Gasteiger partial charge in [-0.25, -0.2) is 4.85 Å². The molecule has 13 aromatic carbocycles. The van der Waals surface area contributed by atoms with E-state index < -0.39 is 0 Å². The summed E-state index contributed by atoms with van der Waals surface area (Å²) >= 11 is 0. The van der Waals surface area contributed by atoms with Crippen LogP contribution in [-0.4, -0.2) is 18.3 Å². The number of benzene rings is 13. The molecule has 6 heterocycles. The Morgan fingerprint density at radius 1 is 0.273 bits per heavy atom. The first-order valence-electron chi connectivity index (χ1n) is 29.5. The highest BCUT2D eigenvalue weighted by Crippen LogP contribution is 2.53. The number of hydrogen-bond donors (Lipinski definition) is 0. The summed E-state index contributed by atoms with van der Waals surface area (Å²) in [4.78, 5) is 4.89. The van der Waals surface area contributed by atoms with Gasteiger partial charge in [0.1, 0.15) is 28.4 Å². The lowest BCUT2D eigenvalue weighted by atomic mass is 10.0. The van der Waals surface area contributed by atoms with Crippen molar-refractivity contribution in [1.82, 2.24) is 18.3 Å². The van der Waals surface area contributed by atoms with Crippen LogP contribution in [-0.2, 0) is 0 Å². The predicted molar refractivity (Wildman–Crippen MR) is 360 cm³/mol. The van der Waals surface area contributed by atoms with Crippen LogP contribution in [0.4, 0.5) is 5.69 Å². The number of fused-ring (bicyclic) bond motifs is 18. The molecule has 0 bridgehead atoms. The second kappa shape index (κ2) is 18.1. The van der Waals surface area contributed by atoms with E-state index in [0.717, 1.165) is 153 Å². The van der Waals surface area contributed by atoms with Crippen molar-refractivity contribution in [2.45, 2.75) is 0 Å². The summed E-state index contributed by atoms with van der Waals surface area (Å²) in [6, 6.07) is 96.4. The smallest absolute Gasteiger partial charge is 0.237 e. The molecule has 0 amide bonds. The largest absolute Gasteiger partial charge is 0.456 e. The highest BCUT2D eigenvalue weighted by molar-refractivity contribution is 6.22. The Morgan fingerprint density at radius 2 is 0.625 bits per heavy atom. The van der Waals surface area contributed by atoms with E-state index in [1.165, 1.54) is 0 Å². The van der Waals surface area contributed by atoms with Gasteiger partial charge < -0.3 is 27.1 Å². The maximum Gasteiger partial charge on any atom is 0.237 e.